The van der Waals surface area contributed by atoms with Crippen molar-refractivity contribution in [1.82, 2.24) is 4.90 Å². The van der Waals surface area contributed by atoms with Crippen LogP contribution >= 0.6 is 0 Å². The van der Waals surface area contributed by atoms with Gasteiger partial charge in [0.2, 0.25) is 0 Å². The number of nitriles is 1. The lowest BCUT2D eigenvalue weighted by atomic mass is 10.1. The van der Waals surface area contributed by atoms with Crippen molar-refractivity contribution in [2.45, 2.75) is 0 Å². The van der Waals surface area contributed by atoms with Crippen LogP contribution in [-0.4, -0.2) is 50.7 Å². The second-order valence-electron chi connectivity index (χ2n) is 4.59. The first-order valence-electron chi connectivity index (χ1n) is 6.38. The van der Waals surface area contributed by atoms with Gasteiger partial charge in [0.15, 0.2) is 0 Å². The summed E-state index contributed by atoms with van der Waals surface area (Å²) in [5.41, 5.74) is 0.694. The first-order chi connectivity index (χ1) is 9.65. The average Bonchev–Trinajstić information content (AvgIpc) is 2.47. The molecule has 1 aliphatic heterocycles. The number of hydrogen-bond acceptors (Lipinski definition) is 5. The van der Waals surface area contributed by atoms with E-state index in [1.165, 1.54) is 13.2 Å². The van der Waals surface area contributed by atoms with Crippen LogP contribution in [0.1, 0.15) is 5.56 Å². The van der Waals surface area contributed by atoms with Crippen molar-refractivity contribution in [2.24, 2.45) is 0 Å². The van der Waals surface area contributed by atoms with Crippen LogP contribution in [0, 0.1) is 17.1 Å². The van der Waals surface area contributed by atoms with E-state index in [1.807, 2.05) is 15.9 Å². The van der Waals surface area contributed by atoms with E-state index < -0.39 is 5.82 Å². The monoisotopic (exact) mass is 277 g/mol. The maximum atomic E-state index is 13.6. The summed E-state index contributed by atoms with van der Waals surface area (Å²) in [5.74, 6) is -0.760. The number of piperazine rings is 1. The van der Waals surface area contributed by atoms with Gasteiger partial charge in [0, 0.05) is 26.2 Å². The molecular formula is C14H16FN3O2. The van der Waals surface area contributed by atoms with Crippen LogP contribution < -0.4 is 4.90 Å². The van der Waals surface area contributed by atoms with Crippen LogP contribution in [-0.2, 0) is 9.53 Å². The lowest BCUT2D eigenvalue weighted by molar-refractivity contribution is -0.142. The molecular weight excluding hydrogens is 261 g/mol. The first-order valence-corrected chi connectivity index (χ1v) is 6.38. The summed E-state index contributed by atoms with van der Waals surface area (Å²) >= 11 is 0. The molecule has 5 nitrogen and oxygen atoms in total. The van der Waals surface area contributed by atoms with Crippen LogP contribution in [0.5, 0.6) is 0 Å². The maximum Gasteiger partial charge on any atom is 0.319 e. The van der Waals surface area contributed by atoms with Gasteiger partial charge in [0.05, 0.1) is 19.3 Å². The Kier molecular flexibility index (Phi) is 4.53. The van der Waals surface area contributed by atoms with E-state index in [-0.39, 0.29) is 18.1 Å². The molecule has 1 aliphatic rings. The summed E-state index contributed by atoms with van der Waals surface area (Å²) in [4.78, 5) is 15.2. The fourth-order valence-electron chi connectivity index (χ4n) is 2.28. The number of ether oxygens (including phenoxy) is 1. The van der Waals surface area contributed by atoms with Gasteiger partial charge >= 0.3 is 5.97 Å². The van der Waals surface area contributed by atoms with E-state index in [0.717, 1.165) is 0 Å². The van der Waals surface area contributed by atoms with E-state index in [2.05, 4.69) is 4.74 Å². The summed E-state index contributed by atoms with van der Waals surface area (Å²) in [7, 11) is 1.37. The molecule has 0 aromatic heterocycles. The number of nitrogens with zero attached hydrogens (tertiary/aromatic N) is 3. The molecule has 1 aromatic rings. The van der Waals surface area contributed by atoms with Gasteiger partial charge in [-0.05, 0) is 12.1 Å². The Hall–Kier alpha value is -2.13. The molecule has 1 aromatic carbocycles. The third-order valence-corrected chi connectivity index (χ3v) is 3.40. The third kappa shape index (κ3) is 3.06. The molecule has 1 fully saturated rings. The highest BCUT2D eigenvalue weighted by Crippen LogP contribution is 2.23. The standard InChI is InChI=1S/C14H16FN3O2/c1-20-14(19)10-17-5-7-18(8-6-17)13-4-2-3-12(15)11(13)9-16/h2-4H,5-8,10H2,1H3. The molecule has 20 heavy (non-hydrogen) atoms. The highest BCUT2D eigenvalue weighted by molar-refractivity contribution is 5.71. The predicted octanol–water partition coefficient (Wildman–Crippen LogP) is 0.992. The molecule has 0 spiro atoms. The Labute approximate surface area is 117 Å². The molecule has 0 N–H and O–H groups in total. The van der Waals surface area contributed by atoms with Crippen LogP contribution in [0.2, 0.25) is 0 Å². The molecule has 6 heteroatoms. The summed E-state index contributed by atoms with van der Waals surface area (Å²) in [6, 6.07) is 6.55. The lowest BCUT2D eigenvalue weighted by Gasteiger charge is -2.35. The van der Waals surface area contributed by atoms with Crippen molar-refractivity contribution >= 4 is 11.7 Å². The molecule has 0 radical (unpaired) electrons. The smallest absolute Gasteiger partial charge is 0.319 e. The molecule has 0 aliphatic carbocycles. The van der Waals surface area contributed by atoms with Crippen molar-refractivity contribution in [3.63, 3.8) is 0 Å². The number of rotatable bonds is 3. The number of anilines is 1. The summed E-state index contributed by atoms with van der Waals surface area (Å²) in [6.07, 6.45) is 0. The fraction of sp³-hybridized carbons (Fsp3) is 0.429. The van der Waals surface area contributed by atoms with E-state index in [9.17, 15) is 9.18 Å². The number of halogens is 1. The van der Waals surface area contributed by atoms with Crippen LogP contribution in [0.15, 0.2) is 18.2 Å². The molecule has 0 atom stereocenters. The first kappa shape index (κ1) is 14.3. The van der Waals surface area contributed by atoms with Crippen molar-refractivity contribution in [1.29, 1.82) is 5.26 Å². The van der Waals surface area contributed by atoms with E-state index in [1.54, 1.807) is 12.1 Å². The van der Waals surface area contributed by atoms with Gasteiger partial charge in [0.25, 0.3) is 0 Å². The Balaban J connectivity index is 2.03. The maximum absolute atomic E-state index is 13.6. The minimum absolute atomic E-state index is 0.0777. The average molecular weight is 277 g/mol. The molecule has 0 amide bonds. The zero-order valence-electron chi connectivity index (χ0n) is 11.3. The molecule has 0 bridgehead atoms. The number of esters is 1. The summed E-state index contributed by atoms with van der Waals surface area (Å²) in [5, 5.41) is 9.04. The minimum Gasteiger partial charge on any atom is -0.468 e. The van der Waals surface area contributed by atoms with Crippen LogP contribution in [0.3, 0.4) is 0 Å². The Morgan fingerprint density at radius 3 is 2.70 bits per heavy atom. The summed E-state index contributed by atoms with van der Waals surface area (Å²) in [6.45, 7) is 2.91. The quantitative estimate of drug-likeness (QED) is 0.771. The van der Waals surface area contributed by atoms with E-state index >= 15 is 0 Å². The summed E-state index contributed by atoms with van der Waals surface area (Å²) < 4.78 is 18.2. The van der Waals surface area contributed by atoms with Gasteiger partial charge in [-0.2, -0.15) is 5.26 Å². The molecule has 1 heterocycles. The van der Waals surface area contributed by atoms with Gasteiger partial charge in [-0.15, -0.1) is 0 Å². The topological polar surface area (TPSA) is 56.6 Å². The number of carbonyl (C=O) groups is 1. The largest absolute Gasteiger partial charge is 0.468 e. The van der Waals surface area contributed by atoms with E-state index in [4.69, 9.17) is 5.26 Å². The number of benzene rings is 1. The molecule has 2 rings (SSSR count). The Morgan fingerprint density at radius 2 is 2.10 bits per heavy atom. The molecule has 1 saturated heterocycles. The Bertz CT molecular complexity index is 534. The second-order valence-corrected chi connectivity index (χ2v) is 4.59. The predicted molar refractivity (Wildman–Crippen MR) is 71.8 cm³/mol. The van der Waals surface area contributed by atoms with Crippen molar-refractivity contribution < 1.29 is 13.9 Å². The van der Waals surface area contributed by atoms with Gasteiger partial charge in [0.1, 0.15) is 17.4 Å². The van der Waals surface area contributed by atoms with Crippen molar-refractivity contribution in [2.75, 3.05) is 44.7 Å². The van der Waals surface area contributed by atoms with Gasteiger partial charge in [-0.25, -0.2) is 4.39 Å². The zero-order valence-corrected chi connectivity index (χ0v) is 11.3. The lowest BCUT2D eigenvalue weighted by Crippen LogP contribution is -2.48. The highest BCUT2D eigenvalue weighted by atomic mass is 19.1. The second kappa shape index (κ2) is 6.35. The van der Waals surface area contributed by atoms with Gasteiger partial charge in [-0.1, -0.05) is 6.07 Å². The minimum atomic E-state index is -0.498. The van der Waals surface area contributed by atoms with Crippen molar-refractivity contribution in [3.8, 4) is 6.07 Å². The van der Waals surface area contributed by atoms with Crippen molar-refractivity contribution in [3.05, 3.63) is 29.6 Å². The Morgan fingerprint density at radius 1 is 1.40 bits per heavy atom. The number of hydrogen-bond donors (Lipinski definition) is 0. The molecule has 0 saturated carbocycles. The SMILES string of the molecule is COC(=O)CN1CCN(c2cccc(F)c2C#N)CC1. The van der Waals surface area contributed by atoms with E-state index in [0.29, 0.717) is 31.9 Å². The fourth-order valence-corrected chi connectivity index (χ4v) is 2.28. The van der Waals surface area contributed by atoms with Crippen LogP contribution in [0.25, 0.3) is 0 Å². The zero-order chi connectivity index (χ0) is 14.5. The molecule has 0 unspecified atom stereocenters. The molecule has 106 valence electrons. The van der Waals surface area contributed by atoms with Gasteiger partial charge < -0.3 is 9.64 Å². The highest BCUT2D eigenvalue weighted by Gasteiger charge is 2.22. The normalized spacial score (nSPS) is 15.8. The number of methoxy groups -OCH3 is 1. The third-order valence-electron chi connectivity index (χ3n) is 3.40. The van der Waals surface area contributed by atoms with Gasteiger partial charge in [-0.3, -0.25) is 9.69 Å². The number of carbonyl (C=O) groups excluding carboxylic acids is 1. The van der Waals surface area contributed by atoms with Crippen LogP contribution in [0.4, 0.5) is 10.1 Å².